The molecule has 0 aliphatic heterocycles. The largest absolute Gasteiger partial charge is 0.469 e. The van der Waals surface area contributed by atoms with Gasteiger partial charge in [0.05, 0.1) is 50.7 Å². The Hall–Kier alpha value is -3.16. The van der Waals surface area contributed by atoms with Crippen molar-refractivity contribution >= 4 is 52.8 Å². The molecule has 36 heavy (non-hydrogen) atoms. The standard InChI is InChI=1S/C24H29IN2O9/c1-33-20(29)7-5-13-15(9-22(31)35-3)17(26-19(13)12-28)11-18-16(10-23(32)36-4)14(24(25)27-18)6-8-21(30)34-2/h12,26-27H,5-11H2,1-4H3. The summed E-state index contributed by atoms with van der Waals surface area (Å²) in [6.07, 6.45) is 1.37. The number of rotatable bonds is 13. The van der Waals surface area contributed by atoms with Crippen molar-refractivity contribution in [3.8, 4) is 0 Å². The van der Waals surface area contributed by atoms with E-state index >= 15 is 0 Å². The Labute approximate surface area is 221 Å². The molecule has 0 fully saturated rings. The molecule has 0 radical (unpaired) electrons. The highest BCUT2D eigenvalue weighted by Crippen LogP contribution is 2.29. The average Bonchev–Trinajstić information content (AvgIpc) is 3.35. The van der Waals surface area contributed by atoms with E-state index in [2.05, 4.69) is 32.6 Å². The first-order valence-corrected chi connectivity index (χ1v) is 12.1. The highest BCUT2D eigenvalue weighted by molar-refractivity contribution is 14.1. The number of carbonyl (C=O) groups excluding carboxylic acids is 5. The minimum atomic E-state index is -0.512. The molecule has 0 atom stereocenters. The zero-order valence-corrected chi connectivity index (χ0v) is 22.7. The third kappa shape index (κ3) is 7.42. The number of aromatic nitrogens is 2. The molecule has 0 unspecified atom stereocenters. The average molecular weight is 616 g/mol. The minimum absolute atomic E-state index is 0.0223. The van der Waals surface area contributed by atoms with Crippen LogP contribution in [0.3, 0.4) is 0 Å². The number of H-pyrrole nitrogens is 2. The first-order valence-electron chi connectivity index (χ1n) is 11.0. The maximum absolute atomic E-state index is 12.2. The predicted molar refractivity (Wildman–Crippen MR) is 135 cm³/mol. The number of aldehydes is 1. The number of aromatic amines is 2. The van der Waals surface area contributed by atoms with Gasteiger partial charge in [-0.1, -0.05) is 0 Å². The fraction of sp³-hybridized carbons (Fsp3) is 0.458. The Morgan fingerprint density at radius 2 is 1.14 bits per heavy atom. The lowest BCUT2D eigenvalue weighted by Gasteiger charge is -2.09. The quantitative estimate of drug-likeness (QED) is 0.149. The van der Waals surface area contributed by atoms with Gasteiger partial charge in [-0.05, 0) is 57.7 Å². The van der Waals surface area contributed by atoms with E-state index < -0.39 is 17.9 Å². The van der Waals surface area contributed by atoms with Crippen LogP contribution in [0.1, 0.15) is 57.0 Å². The molecule has 2 heterocycles. The van der Waals surface area contributed by atoms with Crippen molar-refractivity contribution in [3.63, 3.8) is 0 Å². The van der Waals surface area contributed by atoms with Crippen LogP contribution in [0.4, 0.5) is 0 Å². The molecule has 0 saturated heterocycles. The van der Waals surface area contributed by atoms with Crippen LogP contribution in [0, 0.1) is 3.70 Å². The summed E-state index contributed by atoms with van der Waals surface area (Å²) in [6.45, 7) is 0. The van der Waals surface area contributed by atoms with Crippen LogP contribution in [0.25, 0.3) is 0 Å². The van der Waals surface area contributed by atoms with Gasteiger partial charge in [-0.25, -0.2) is 0 Å². The van der Waals surface area contributed by atoms with Gasteiger partial charge in [0.1, 0.15) is 0 Å². The fourth-order valence-corrected chi connectivity index (χ4v) is 4.82. The highest BCUT2D eigenvalue weighted by atomic mass is 127. The third-order valence-electron chi connectivity index (χ3n) is 5.78. The van der Waals surface area contributed by atoms with Gasteiger partial charge in [0, 0.05) is 30.7 Å². The number of esters is 4. The Morgan fingerprint density at radius 1 is 0.694 bits per heavy atom. The maximum atomic E-state index is 12.2. The summed E-state index contributed by atoms with van der Waals surface area (Å²) in [5, 5.41) is 0. The van der Waals surface area contributed by atoms with E-state index in [9.17, 15) is 24.0 Å². The first kappa shape index (κ1) is 29.1. The fourth-order valence-electron chi connectivity index (χ4n) is 3.90. The van der Waals surface area contributed by atoms with Gasteiger partial charge in [0.15, 0.2) is 6.29 Å². The molecule has 0 saturated carbocycles. The third-order valence-corrected chi connectivity index (χ3v) is 6.70. The lowest BCUT2D eigenvalue weighted by Crippen LogP contribution is -2.11. The smallest absolute Gasteiger partial charge is 0.310 e. The van der Waals surface area contributed by atoms with Crippen LogP contribution in [0.5, 0.6) is 0 Å². The molecule has 0 bridgehead atoms. The van der Waals surface area contributed by atoms with Crippen molar-refractivity contribution in [2.45, 2.75) is 44.9 Å². The summed E-state index contributed by atoms with van der Waals surface area (Å²) in [7, 11) is 5.13. The van der Waals surface area contributed by atoms with Crippen molar-refractivity contribution in [1.29, 1.82) is 0 Å². The topological polar surface area (TPSA) is 154 Å². The highest BCUT2D eigenvalue weighted by Gasteiger charge is 2.25. The molecule has 2 aromatic heterocycles. The summed E-state index contributed by atoms with van der Waals surface area (Å²) < 4.78 is 19.9. The second-order valence-electron chi connectivity index (χ2n) is 7.80. The second-order valence-corrected chi connectivity index (χ2v) is 8.88. The van der Waals surface area contributed by atoms with Gasteiger partial charge in [-0.15, -0.1) is 0 Å². The van der Waals surface area contributed by atoms with E-state index in [4.69, 9.17) is 18.9 Å². The monoisotopic (exact) mass is 616 g/mol. The molecule has 2 rings (SSSR count). The number of carbonyl (C=O) groups is 5. The van der Waals surface area contributed by atoms with Crippen molar-refractivity contribution in [2.24, 2.45) is 0 Å². The summed E-state index contributed by atoms with van der Waals surface area (Å²) >= 11 is 2.09. The van der Waals surface area contributed by atoms with E-state index in [-0.39, 0.29) is 50.2 Å². The molecule has 0 spiro atoms. The van der Waals surface area contributed by atoms with Gasteiger partial charge >= 0.3 is 23.9 Å². The number of methoxy groups -OCH3 is 4. The Balaban J connectivity index is 2.55. The normalized spacial score (nSPS) is 10.6. The summed E-state index contributed by atoms with van der Waals surface area (Å²) in [4.78, 5) is 66.0. The molecule has 0 aliphatic carbocycles. The van der Waals surface area contributed by atoms with Crippen molar-refractivity contribution in [3.05, 3.63) is 43.0 Å². The van der Waals surface area contributed by atoms with Gasteiger partial charge in [0.2, 0.25) is 0 Å². The van der Waals surface area contributed by atoms with Gasteiger partial charge in [0.25, 0.3) is 0 Å². The molecule has 0 aromatic carbocycles. The van der Waals surface area contributed by atoms with Crippen molar-refractivity contribution in [2.75, 3.05) is 28.4 Å². The molecular weight excluding hydrogens is 587 g/mol. The van der Waals surface area contributed by atoms with Crippen LogP contribution >= 0.6 is 22.6 Å². The van der Waals surface area contributed by atoms with E-state index in [1.165, 1.54) is 28.4 Å². The summed E-state index contributed by atoms with van der Waals surface area (Å²) in [6, 6.07) is 0. The molecule has 2 aromatic rings. The van der Waals surface area contributed by atoms with E-state index in [0.717, 1.165) is 9.26 Å². The lowest BCUT2D eigenvalue weighted by molar-refractivity contribution is -0.141. The van der Waals surface area contributed by atoms with E-state index in [1.807, 2.05) is 0 Å². The zero-order chi connectivity index (χ0) is 26.8. The van der Waals surface area contributed by atoms with Crippen LogP contribution in [0.2, 0.25) is 0 Å². The molecule has 12 heteroatoms. The van der Waals surface area contributed by atoms with Gasteiger partial charge < -0.3 is 28.9 Å². The number of hydrogen-bond donors (Lipinski definition) is 2. The second kappa shape index (κ2) is 13.8. The van der Waals surface area contributed by atoms with Crippen LogP contribution in [0.15, 0.2) is 0 Å². The summed E-state index contributed by atoms with van der Waals surface area (Å²) in [5.41, 5.74) is 3.98. The van der Waals surface area contributed by atoms with Crippen LogP contribution in [-0.2, 0) is 70.2 Å². The number of nitrogens with one attached hydrogen (secondary N) is 2. The number of hydrogen-bond acceptors (Lipinski definition) is 9. The van der Waals surface area contributed by atoms with E-state index in [0.29, 0.717) is 40.8 Å². The summed E-state index contributed by atoms with van der Waals surface area (Å²) in [5.74, 6) is -1.80. The molecular formula is C24H29IN2O9. The minimum Gasteiger partial charge on any atom is -0.469 e. The Kier molecular flexibility index (Phi) is 11.1. The molecule has 2 N–H and O–H groups in total. The van der Waals surface area contributed by atoms with Crippen LogP contribution < -0.4 is 0 Å². The van der Waals surface area contributed by atoms with Crippen molar-refractivity contribution in [1.82, 2.24) is 9.97 Å². The van der Waals surface area contributed by atoms with E-state index in [1.54, 1.807) is 0 Å². The Morgan fingerprint density at radius 3 is 1.61 bits per heavy atom. The maximum Gasteiger partial charge on any atom is 0.310 e. The Bertz CT molecular complexity index is 1130. The van der Waals surface area contributed by atoms with Crippen LogP contribution in [-0.4, -0.2) is 68.6 Å². The predicted octanol–water partition coefficient (Wildman–Crippen LogP) is 1.99. The number of ether oxygens (including phenoxy) is 4. The van der Waals surface area contributed by atoms with Gasteiger partial charge in [-0.2, -0.15) is 0 Å². The number of halogens is 1. The molecule has 11 nitrogen and oxygen atoms in total. The molecule has 0 aliphatic rings. The first-order chi connectivity index (χ1) is 17.2. The lowest BCUT2D eigenvalue weighted by atomic mass is 9.97. The van der Waals surface area contributed by atoms with Crippen molar-refractivity contribution < 1.29 is 42.9 Å². The van der Waals surface area contributed by atoms with Gasteiger partial charge in [-0.3, -0.25) is 24.0 Å². The molecule has 0 amide bonds. The molecule has 196 valence electrons. The SMILES string of the molecule is COC(=O)CCc1c(I)[nH]c(Cc2[nH]c(C=O)c(CCC(=O)OC)c2CC(=O)OC)c1CC(=O)OC. The zero-order valence-electron chi connectivity index (χ0n) is 20.6.